The lowest BCUT2D eigenvalue weighted by Gasteiger charge is -1.96. The van der Waals surface area contributed by atoms with E-state index in [4.69, 9.17) is 4.74 Å². The van der Waals surface area contributed by atoms with Crippen LogP contribution in [-0.4, -0.2) is 12.6 Å². The summed E-state index contributed by atoms with van der Waals surface area (Å²) < 4.78 is 5.78. The Labute approximate surface area is 86.1 Å². The fraction of sp³-hybridized carbons (Fsp3) is 0.300. The molecule has 0 N–H and O–H groups in total. The predicted octanol–water partition coefficient (Wildman–Crippen LogP) is 2.71. The third-order valence-corrected chi connectivity index (χ3v) is 2.79. The molecule has 0 saturated carbocycles. The molecule has 0 atom stereocenters. The summed E-state index contributed by atoms with van der Waals surface area (Å²) in [6.45, 7) is 7.95. The Morgan fingerprint density at radius 3 is 2.62 bits per heavy atom. The highest BCUT2D eigenvalue weighted by Gasteiger charge is 2.22. The van der Waals surface area contributed by atoms with Gasteiger partial charge in [0, 0.05) is 10.1 Å². The Morgan fingerprint density at radius 1 is 1.62 bits per heavy atom. The Morgan fingerprint density at radius 2 is 2.23 bits per heavy atom. The number of ether oxygens (including phenoxy) is 1. The second-order valence-corrected chi connectivity index (χ2v) is 3.93. The largest absolute Gasteiger partial charge is 0.457 e. The van der Waals surface area contributed by atoms with Gasteiger partial charge in [-0.25, -0.2) is 4.79 Å². The third-order valence-electron chi connectivity index (χ3n) is 1.77. The molecule has 1 rings (SSSR count). The van der Waals surface area contributed by atoms with Gasteiger partial charge in [0.15, 0.2) is 0 Å². The molecule has 1 aliphatic rings. The molecule has 13 heavy (non-hydrogen) atoms. The van der Waals surface area contributed by atoms with Gasteiger partial charge in [-0.15, -0.1) is 0 Å². The summed E-state index contributed by atoms with van der Waals surface area (Å²) in [7, 11) is 0. The lowest BCUT2D eigenvalue weighted by Crippen LogP contribution is -1.92. The molecule has 70 valence electrons. The quantitative estimate of drug-likeness (QED) is 0.522. The van der Waals surface area contributed by atoms with Crippen LogP contribution < -0.4 is 0 Å². The fourth-order valence-corrected chi connectivity index (χ4v) is 1.15. The van der Waals surface area contributed by atoms with Crippen molar-refractivity contribution in [1.82, 2.24) is 0 Å². The average Bonchev–Trinajstić information content (AvgIpc) is 2.36. The minimum absolute atomic E-state index is 0.319. The van der Waals surface area contributed by atoms with Gasteiger partial charge >= 0.3 is 5.97 Å². The molecular weight excluding hydrogens is 232 g/mol. The van der Waals surface area contributed by atoms with E-state index in [1.807, 2.05) is 19.9 Å². The van der Waals surface area contributed by atoms with Crippen LogP contribution in [0.2, 0.25) is 0 Å². The normalized spacial score (nSPS) is 19.2. The molecule has 0 aromatic heterocycles. The molecule has 3 heteroatoms. The van der Waals surface area contributed by atoms with Crippen LogP contribution in [0.5, 0.6) is 0 Å². The summed E-state index contributed by atoms with van der Waals surface area (Å²) in [6, 6.07) is 0. The summed E-state index contributed by atoms with van der Waals surface area (Å²) in [5.41, 5.74) is 2.45. The van der Waals surface area contributed by atoms with E-state index >= 15 is 0 Å². The minimum Gasteiger partial charge on any atom is -0.457 e. The van der Waals surface area contributed by atoms with E-state index < -0.39 is 0 Å². The molecule has 2 nitrogen and oxygen atoms in total. The van der Waals surface area contributed by atoms with Crippen molar-refractivity contribution in [3.63, 3.8) is 0 Å². The zero-order valence-corrected chi connectivity index (χ0v) is 9.27. The number of hydrogen-bond acceptors (Lipinski definition) is 2. The molecule has 0 radical (unpaired) electrons. The van der Waals surface area contributed by atoms with Gasteiger partial charge in [-0.2, -0.15) is 0 Å². The number of allylic oxidation sites excluding steroid dienone is 3. The molecule has 1 aliphatic heterocycles. The predicted molar refractivity (Wildman–Crippen MR) is 55.5 cm³/mol. The Kier molecular flexibility index (Phi) is 3.09. The highest BCUT2D eigenvalue weighted by Crippen LogP contribution is 2.23. The number of esters is 1. The first-order valence-electron chi connectivity index (χ1n) is 3.92. The second-order valence-electron chi connectivity index (χ2n) is 3.07. The van der Waals surface area contributed by atoms with Crippen molar-refractivity contribution in [1.29, 1.82) is 0 Å². The van der Waals surface area contributed by atoms with Crippen LogP contribution in [0.4, 0.5) is 0 Å². The van der Waals surface area contributed by atoms with E-state index in [1.165, 1.54) is 0 Å². The van der Waals surface area contributed by atoms with E-state index in [0.29, 0.717) is 12.2 Å². The number of carbonyl (C=O) groups is 1. The molecular formula is C10H11BrO2. The van der Waals surface area contributed by atoms with E-state index in [2.05, 4.69) is 22.5 Å². The molecule has 1 heterocycles. The van der Waals surface area contributed by atoms with Crippen molar-refractivity contribution in [2.75, 3.05) is 6.61 Å². The molecule has 0 amide bonds. The second kappa shape index (κ2) is 3.92. The summed E-state index contributed by atoms with van der Waals surface area (Å²) in [5.74, 6) is -0.319. The molecule has 1 fully saturated rings. The van der Waals surface area contributed by atoms with Crippen molar-refractivity contribution in [2.45, 2.75) is 13.8 Å². The summed E-state index contributed by atoms with van der Waals surface area (Å²) >= 11 is 3.39. The summed E-state index contributed by atoms with van der Waals surface area (Å²) in [5, 5.41) is 0. The molecule has 1 saturated heterocycles. The van der Waals surface area contributed by atoms with E-state index in [0.717, 1.165) is 15.6 Å². The van der Waals surface area contributed by atoms with E-state index in [9.17, 15) is 4.79 Å². The van der Waals surface area contributed by atoms with Crippen LogP contribution in [0.15, 0.2) is 33.9 Å². The maximum Gasteiger partial charge on any atom is 0.338 e. The number of halogens is 1. The number of hydrogen-bond donors (Lipinski definition) is 0. The first kappa shape index (κ1) is 10.3. The Hall–Kier alpha value is -0.830. The maximum atomic E-state index is 10.9. The maximum absolute atomic E-state index is 10.9. The number of rotatable bonds is 1. The molecule has 0 bridgehead atoms. The van der Waals surface area contributed by atoms with Crippen LogP contribution in [0.25, 0.3) is 0 Å². The Balaban J connectivity index is 2.92. The molecule has 0 aliphatic carbocycles. The van der Waals surface area contributed by atoms with Gasteiger partial charge < -0.3 is 4.74 Å². The average molecular weight is 243 g/mol. The molecule has 0 spiro atoms. The van der Waals surface area contributed by atoms with Gasteiger partial charge in [0.2, 0.25) is 0 Å². The highest BCUT2D eigenvalue weighted by molar-refractivity contribution is 9.11. The first-order valence-corrected chi connectivity index (χ1v) is 4.71. The van der Waals surface area contributed by atoms with Gasteiger partial charge in [0.05, 0.1) is 5.57 Å². The fourth-order valence-electron chi connectivity index (χ4n) is 0.875. The van der Waals surface area contributed by atoms with Crippen molar-refractivity contribution >= 4 is 21.9 Å². The van der Waals surface area contributed by atoms with Gasteiger partial charge in [0.1, 0.15) is 6.61 Å². The first-order chi connectivity index (χ1) is 6.02. The van der Waals surface area contributed by atoms with Crippen LogP contribution in [-0.2, 0) is 9.53 Å². The van der Waals surface area contributed by atoms with Crippen LogP contribution in [0.3, 0.4) is 0 Å². The smallest absolute Gasteiger partial charge is 0.338 e. The standard InChI is InChI=1S/C10H11BrO2/c1-6(2)9(11)4-8-5-13-10(12)7(8)3/h4H,3,5H2,1-2H3/b8-4-. The lowest BCUT2D eigenvalue weighted by molar-refractivity contribution is -0.134. The minimum atomic E-state index is -0.319. The van der Waals surface area contributed by atoms with Crippen molar-refractivity contribution in [2.24, 2.45) is 0 Å². The lowest BCUT2D eigenvalue weighted by atomic mass is 10.1. The summed E-state index contributed by atoms with van der Waals surface area (Å²) in [6.07, 6.45) is 1.88. The van der Waals surface area contributed by atoms with E-state index in [-0.39, 0.29) is 5.97 Å². The zero-order valence-electron chi connectivity index (χ0n) is 7.69. The third kappa shape index (κ3) is 2.31. The van der Waals surface area contributed by atoms with Crippen molar-refractivity contribution in [3.8, 4) is 0 Å². The zero-order chi connectivity index (χ0) is 10.0. The SMILES string of the molecule is C=C1C(=O)OC/C1=C/C(Br)=C(C)C. The van der Waals surface area contributed by atoms with Crippen LogP contribution >= 0.6 is 15.9 Å². The van der Waals surface area contributed by atoms with Gasteiger partial charge in [-0.3, -0.25) is 0 Å². The molecule has 0 aromatic rings. The molecule has 0 unspecified atom stereocenters. The number of carbonyl (C=O) groups excluding carboxylic acids is 1. The number of cyclic esters (lactones) is 1. The monoisotopic (exact) mass is 242 g/mol. The molecule has 0 aromatic carbocycles. The van der Waals surface area contributed by atoms with E-state index in [1.54, 1.807) is 0 Å². The topological polar surface area (TPSA) is 26.3 Å². The van der Waals surface area contributed by atoms with Crippen molar-refractivity contribution in [3.05, 3.63) is 33.9 Å². The van der Waals surface area contributed by atoms with Crippen LogP contribution in [0.1, 0.15) is 13.8 Å². The van der Waals surface area contributed by atoms with Gasteiger partial charge in [-0.05, 0) is 19.9 Å². The van der Waals surface area contributed by atoms with Crippen LogP contribution in [0, 0.1) is 0 Å². The van der Waals surface area contributed by atoms with Gasteiger partial charge in [0.25, 0.3) is 0 Å². The van der Waals surface area contributed by atoms with Crippen molar-refractivity contribution < 1.29 is 9.53 Å². The Bertz CT molecular complexity index is 320. The summed E-state index contributed by atoms with van der Waals surface area (Å²) in [4.78, 5) is 10.9. The highest BCUT2D eigenvalue weighted by atomic mass is 79.9. The van der Waals surface area contributed by atoms with Gasteiger partial charge in [-0.1, -0.05) is 28.1 Å².